The van der Waals surface area contributed by atoms with Crippen molar-refractivity contribution < 1.29 is 17.8 Å². The maximum absolute atomic E-state index is 12.6. The van der Waals surface area contributed by atoms with Gasteiger partial charge in [-0.3, -0.25) is 9.57 Å². The summed E-state index contributed by atoms with van der Waals surface area (Å²) in [7, 11) is -2.67. The normalized spacial score (nSPS) is 23.5. The van der Waals surface area contributed by atoms with E-state index in [4.69, 9.17) is 25.2 Å². The summed E-state index contributed by atoms with van der Waals surface area (Å²) in [4.78, 5) is 17.2. The molecule has 1 aromatic carbocycles. The Kier molecular flexibility index (Phi) is 5.30. The molecular formula is C22H24ClN3O4S. The molecule has 2 fully saturated rings. The Morgan fingerprint density at radius 1 is 1.13 bits per heavy atom. The second-order valence-electron chi connectivity index (χ2n) is 8.52. The number of aromatic nitrogens is 1. The number of nitrogens with one attached hydrogen (secondary N) is 2. The van der Waals surface area contributed by atoms with Crippen LogP contribution in [0.4, 0.5) is 0 Å². The van der Waals surface area contributed by atoms with Crippen LogP contribution in [-0.2, 0) is 15.5 Å². The smallest absolute Gasteiger partial charge is 0.287 e. The van der Waals surface area contributed by atoms with Crippen LogP contribution in [0.15, 0.2) is 39.2 Å². The minimum absolute atomic E-state index is 0.0247. The molecule has 2 saturated carbocycles. The molecule has 0 aliphatic heterocycles. The fourth-order valence-electron chi connectivity index (χ4n) is 4.19. The molecule has 0 spiro atoms. The molecule has 2 heterocycles. The van der Waals surface area contributed by atoms with Crippen LogP contribution in [0.25, 0.3) is 11.1 Å². The minimum atomic E-state index is -2.67. The van der Waals surface area contributed by atoms with E-state index in [1.54, 1.807) is 24.3 Å². The number of carbonyl (C=O) groups is 1. The summed E-state index contributed by atoms with van der Waals surface area (Å²) in [5, 5.41) is 3.64. The minimum Gasteiger partial charge on any atom is -0.455 e. The molecule has 0 radical (unpaired) electrons. The van der Waals surface area contributed by atoms with Gasteiger partial charge in [0, 0.05) is 22.2 Å². The van der Waals surface area contributed by atoms with E-state index in [-0.39, 0.29) is 34.6 Å². The first-order valence-corrected chi connectivity index (χ1v) is 12.7. The van der Waals surface area contributed by atoms with E-state index < -0.39 is 9.73 Å². The summed E-state index contributed by atoms with van der Waals surface area (Å²) in [6.07, 6.45) is 5.08. The van der Waals surface area contributed by atoms with Crippen molar-refractivity contribution >= 4 is 38.3 Å². The molecule has 2 N–H and O–H groups in total. The van der Waals surface area contributed by atoms with Crippen molar-refractivity contribution in [1.82, 2.24) is 10.3 Å². The summed E-state index contributed by atoms with van der Waals surface area (Å²) < 4.78 is 31.8. The SMILES string of the molecule is N=S(=O)(Cc1ccc(C(=O)NC2CCC(c3nc4cc(Cl)ccc4o3)CC2)o1)C1CC1. The summed E-state index contributed by atoms with van der Waals surface area (Å²) in [6.45, 7) is 0. The van der Waals surface area contributed by atoms with E-state index in [0.717, 1.165) is 55.5 Å². The van der Waals surface area contributed by atoms with Gasteiger partial charge in [-0.2, -0.15) is 0 Å². The Balaban J connectivity index is 1.16. The number of hydrogen-bond donors (Lipinski definition) is 2. The molecule has 2 aliphatic rings. The lowest BCUT2D eigenvalue weighted by Crippen LogP contribution is -2.37. The van der Waals surface area contributed by atoms with Gasteiger partial charge in [-0.05, 0) is 68.9 Å². The van der Waals surface area contributed by atoms with Gasteiger partial charge < -0.3 is 14.2 Å². The van der Waals surface area contributed by atoms with Crippen LogP contribution in [0.3, 0.4) is 0 Å². The van der Waals surface area contributed by atoms with Gasteiger partial charge >= 0.3 is 0 Å². The quantitative estimate of drug-likeness (QED) is 0.521. The third-order valence-corrected chi connectivity index (χ3v) is 8.58. The number of amides is 1. The molecular weight excluding hydrogens is 438 g/mol. The van der Waals surface area contributed by atoms with E-state index in [0.29, 0.717) is 10.8 Å². The third kappa shape index (κ3) is 4.50. The van der Waals surface area contributed by atoms with Crippen LogP contribution in [0.1, 0.15) is 66.6 Å². The molecule has 1 amide bonds. The van der Waals surface area contributed by atoms with Gasteiger partial charge in [0.15, 0.2) is 17.2 Å². The van der Waals surface area contributed by atoms with E-state index in [1.807, 2.05) is 6.07 Å². The number of benzene rings is 1. The van der Waals surface area contributed by atoms with Crippen molar-refractivity contribution in [3.05, 3.63) is 52.8 Å². The van der Waals surface area contributed by atoms with Crippen molar-refractivity contribution in [2.75, 3.05) is 0 Å². The highest BCUT2D eigenvalue weighted by molar-refractivity contribution is 7.92. The summed E-state index contributed by atoms with van der Waals surface area (Å²) in [5.41, 5.74) is 1.51. The predicted molar refractivity (Wildman–Crippen MR) is 118 cm³/mol. The standard InChI is InChI=1S/C22H24ClN3O4S/c23-14-3-9-19-18(11-14)26-22(30-19)13-1-4-15(5-2-13)25-21(27)20-10-6-16(29-20)12-31(24,28)17-7-8-17/h3,6,9-11,13,15,17,24H,1-2,4-5,7-8,12H2,(H,25,27). The average Bonchev–Trinajstić information content (AvgIpc) is 3.38. The van der Waals surface area contributed by atoms with Crippen LogP contribution in [-0.4, -0.2) is 26.4 Å². The van der Waals surface area contributed by atoms with Crippen molar-refractivity contribution in [2.45, 2.75) is 61.5 Å². The van der Waals surface area contributed by atoms with Gasteiger partial charge in [-0.15, -0.1) is 0 Å². The highest BCUT2D eigenvalue weighted by Crippen LogP contribution is 2.35. The first-order valence-electron chi connectivity index (χ1n) is 10.6. The average molecular weight is 462 g/mol. The van der Waals surface area contributed by atoms with Gasteiger partial charge in [-0.25, -0.2) is 9.19 Å². The fraction of sp³-hybridized carbons (Fsp3) is 0.455. The van der Waals surface area contributed by atoms with Crippen LogP contribution in [0.5, 0.6) is 0 Å². The van der Waals surface area contributed by atoms with Gasteiger partial charge in [0.25, 0.3) is 5.91 Å². The maximum Gasteiger partial charge on any atom is 0.287 e. The van der Waals surface area contributed by atoms with E-state index in [9.17, 15) is 9.00 Å². The largest absolute Gasteiger partial charge is 0.455 e. The molecule has 164 valence electrons. The van der Waals surface area contributed by atoms with E-state index in [1.165, 1.54) is 0 Å². The first kappa shape index (κ1) is 20.6. The molecule has 3 aromatic rings. The summed E-state index contributed by atoms with van der Waals surface area (Å²) >= 11 is 6.03. The molecule has 5 rings (SSSR count). The topological polar surface area (TPSA) is 109 Å². The monoisotopic (exact) mass is 461 g/mol. The summed E-state index contributed by atoms with van der Waals surface area (Å²) in [6, 6.07) is 8.74. The van der Waals surface area contributed by atoms with Gasteiger partial charge in [-0.1, -0.05) is 11.6 Å². The van der Waals surface area contributed by atoms with Crippen molar-refractivity contribution in [3.8, 4) is 0 Å². The van der Waals surface area contributed by atoms with Gasteiger partial charge in [0.1, 0.15) is 11.3 Å². The number of fused-ring (bicyclic) bond motifs is 1. The van der Waals surface area contributed by atoms with Crippen molar-refractivity contribution in [2.24, 2.45) is 0 Å². The molecule has 0 bridgehead atoms. The zero-order valence-electron chi connectivity index (χ0n) is 16.9. The second-order valence-corrected chi connectivity index (χ2v) is 11.4. The Labute approximate surface area is 185 Å². The number of furan rings is 1. The lowest BCUT2D eigenvalue weighted by Gasteiger charge is -2.27. The third-order valence-electron chi connectivity index (χ3n) is 6.08. The first-order chi connectivity index (χ1) is 14.9. The molecule has 2 aromatic heterocycles. The number of carbonyl (C=O) groups excluding carboxylic acids is 1. The second kappa shape index (κ2) is 7.98. The Morgan fingerprint density at radius 3 is 2.65 bits per heavy atom. The van der Waals surface area contributed by atoms with Gasteiger partial charge in [0.2, 0.25) is 0 Å². The number of rotatable bonds is 6. The van der Waals surface area contributed by atoms with Crippen LogP contribution >= 0.6 is 11.6 Å². The number of halogens is 1. The molecule has 9 heteroatoms. The van der Waals surface area contributed by atoms with Crippen LogP contribution in [0.2, 0.25) is 5.02 Å². The Bertz CT molecular complexity index is 1220. The van der Waals surface area contributed by atoms with Crippen LogP contribution < -0.4 is 5.32 Å². The van der Waals surface area contributed by atoms with Crippen molar-refractivity contribution in [3.63, 3.8) is 0 Å². The number of nitrogens with zero attached hydrogens (tertiary/aromatic N) is 1. The maximum atomic E-state index is 12.6. The van der Waals surface area contributed by atoms with E-state index in [2.05, 4.69) is 10.3 Å². The Morgan fingerprint density at radius 2 is 1.90 bits per heavy atom. The Hall–Kier alpha value is -2.32. The molecule has 1 unspecified atom stereocenters. The molecule has 2 aliphatic carbocycles. The molecule has 1 atom stereocenters. The number of hydrogen-bond acceptors (Lipinski definition) is 6. The molecule has 7 nitrogen and oxygen atoms in total. The molecule has 31 heavy (non-hydrogen) atoms. The van der Waals surface area contributed by atoms with E-state index >= 15 is 0 Å². The van der Waals surface area contributed by atoms with Crippen LogP contribution in [0, 0.1) is 4.78 Å². The lowest BCUT2D eigenvalue weighted by atomic mass is 9.86. The molecule has 0 saturated heterocycles. The predicted octanol–water partition coefficient (Wildman–Crippen LogP) is 5.24. The highest BCUT2D eigenvalue weighted by Gasteiger charge is 2.33. The lowest BCUT2D eigenvalue weighted by molar-refractivity contribution is 0.0895. The zero-order valence-corrected chi connectivity index (χ0v) is 18.5. The van der Waals surface area contributed by atoms with Gasteiger partial charge in [0.05, 0.1) is 15.5 Å². The zero-order chi connectivity index (χ0) is 21.6. The summed E-state index contributed by atoms with van der Waals surface area (Å²) in [5.74, 6) is 1.41. The highest BCUT2D eigenvalue weighted by atomic mass is 35.5. The number of oxazole rings is 1. The van der Waals surface area contributed by atoms with Crippen molar-refractivity contribution in [1.29, 1.82) is 4.78 Å². The fourth-order valence-corrected chi connectivity index (χ4v) is 6.07.